The number of anilines is 1. The third kappa shape index (κ3) is 4.99. The number of halogens is 2. The van der Waals surface area contributed by atoms with Gasteiger partial charge < -0.3 is 10.4 Å². The van der Waals surface area contributed by atoms with Crippen LogP contribution < -0.4 is 5.32 Å². The van der Waals surface area contributed by atoms with Crippen LogP contribution in [0.25, 0.3) is 0 Å². The van der Waals surface area contributed by atoms with Gasteiger partial charge in [-0.25, -0.2) is 0 Å². The molecule has 4 heteroatoms. The van der Waals surface area contributed by atoms with Crippen LogP contribution in [0.5, 0.6) is 0 Å². The molecule has 25 heavy (non-hydrogen) atoms. The molecule has 0 aliphatic carbocycles. The van der Waals surface area contributed by atoms with E-state index in [0.717, 1.165) is 16.8 Å². The molecular formula is C21H19Cl2NO. The van der Waals surface area contributed by atoms with Gasteiger partial charge in [0, 0.05) is 22.2 Å². The zero-order valence-corrected chi connectivity index (χ0v) is 15.1. The Morgan fingerprint density at radius 2 is 1.24 bits per heavy atom. The molecule has 3 aromatic rings. The van der Waals surface area contributed by atoms with Crippen molar-refractivity contribution >= 4 is 28.9 Å². The van der Waals surface area contributed by atoms with Gasteiger partial charge in [-0.05, 0) is 47.5 Å². The molecule has 3 aromatic carbocycles. The molecule has 3 rings (SSSR count). The molecule has 0 saturated carbocycles. The maximum atomic E-state index is 10.7. The molecule has 0 fully saturated rings. The number of nitrogens with one attached hydrogen (secondary N) is 1. The zero-order chi connectivity index (χ0) is 17.6. The second-order valence-corrected chi connectivity index (χ2v) is 6.79. The summed E-state index contributed by atoms with van der Waals surface area (Å²) in [5, 5.41) is 15.5. The van der Waals surface area contributed by atoms with E-state index >= 15 is 0 Å². The maximum Gasteiger partial charge on any atom is 0.0813 e. The summed E-state index contributed by atoms with van der Waals surface area (Å²) in [6, 6.07) is 24.9. The van der Waals surface area contributed by atoms with E-state index in [1.165, 1.54) is 0 Å². The average molecular weight is 372 g/mol. The summed E-state index contributed by atoms with van der Waals surface area (Å²) in [5.41, 5.74) is 2.92. The van der Waals surface area contributed by atoms with Crippen molar-refractivity contribution in [3.05, 3.63) is 100 Å². The van der Waals surface area contributed by atoms with E-state index < -0.39 is 6.10 Å². The van der Waals surface area contributed by atoms with Crippen LogP contribution >= 0.6 is 23.2 Å². The van der Waals surface area contributed by atoms with Gasteiger partial charge in [-0.3, -0.25) is 0 Å². The minimum Gasteiger partial charge on any atom is -0.388 e. The molecule has 0 aliphatic heterocycles. The Bertz CT molecular complexity index is 788. The number of aliphatic hydroxyl groups is 1. The van der Waals surface area contributed by atoms with E-state index in [9.17, 15) is 5.11 Å². The van der Waals surface area contributed by atoms with Crippen molar-refractivity contribution in [2.75, 3.05) is 5.32 Å². The Balaban J connectivity index is 1.82. The predicted octanol–water partition coefficient (Wildman–Crippen LogP) is 6.27. The summed E-state index contributed by atoms with van der Waals surface area (Å²) in [6.07, 6.45) is -0.0767. The number of hydrogen-bond donors (Lipinski definition) is 2. The first-order chi connectivity index (χ1) is 12.1. The number of hydrogen-bond acceptors (Lipinski definition) is 2. The van der Waals surface area contributed by atoms with Gasteiger partial charge in [0.15, 0.2) is 0 Å². The van der Waals surface area contributed by atoms with Crippen molar-refractivity contribution in [1.29, 1.82) is 0 Å². The minimum absolute atomic E-state index is 0.0506. The quantitative estimate of drug-likeness (QED) is 0.534. The lowest BCUT2D eigenvalue weighted by molar-refractivity contribution is 0.160. The lowest BCUT2D eigenvalue weighted by Gasteiger charge is -2.23. The highest BCUT2D eigenvalue weighted by Crippen LogP contribution is 2.30. The van der Waals surface area contributed by atoms with Gasteiger partial charge in [-0.1, -0.05) is 65.7 Å². The van der Waals surface area contributed by atoms with Crippen LogP contribution in [0.15, 0.2) is 78.9 Å². The number of benzene rings is 3. The van der Waals surface area contributed by atoms with Gasteiger partial charge in [0.2, 0.25) is 0 Å². The number of aliphatic hydroxyl groups excluding tert-OH is 1. The van der Waals surface area contributed by atoms with Crippen LogP contribution in [0.4, 0.5) is 5.69 Å². The smallest absolute Gasteiger partial charge is 0.0813 e. The van der Waals surface area contributed by atoms with Crippen LogP contribution in [0.1, 0.15) is 29.7 Å². The SMILES string of the molecule is OC(CC(Nc1ccccc1)c1ccc(Cl)cc1)c1ccc(Cl)cc1. The van der Waals surface area contributed by atoms with E-state index in [1.807, 2.05) is 66.7 Å². The molecule has 2 unspecified atom stereocenters. The predicted molar refractivity (Wildman–Crippen MR) is 105 cm³/mol. The summed E-state index contributed by atoms with van der Waals surface area (Å²) >= 11 is 11.9. The number of para-hydroxylation sites is 1. The summed E-state index contributed by atoms with van der Waals surface area (Å²) in [5.74, 6) is 0. The fourth-order valence-electron chi connectivity index (χ4n) is 2.75. The molecule has 0 bridgehead atoms. The average Bonchev–Trinajstić information content (AvgIpc) is 2.63. The van der Waals surface area contributed by atoms with Gasteiger partial charge in [0.05, 0.1) is 12.1 Å². The van der Waals surface area contributed by atoms with Gasteiger partial charge >= 0.3 is 0 Å². The van der Waals surface area contributed by atoms with Crippen molar-refractivity contribution < 1.29 is 5.11 Å². The molecule has 0 radical (unpaired) electrons. The van der Waals surface area contributed by atoms with Gasteiger partial charge in [-0.2, -0.15) is 0 Å². The molecule has 2 nitrogen and oxygen atoms in total. The highest BCUT2D eigenvalue weighted by Gasteiger charge is 2.18. The Morgan fingerprint density at radius 3 is 1.80 bits per heavy atom. The molecule has 0 saturated heterocycles. The summed E-state index contributed by atoms with van der Waals surface area (Å²) in [7, 11) is 0. The Kier molecular flexibility index (Phi) is 5.98. The first-order valence-electron chi connectivity index (χ1n) is 8.12. The fourth-order valence-corrected chi connectivity index (χ4v) is 3.01. The van der Waals surface area contributed by atoms with Crippen molar-refractivity contribution in [2.24, 2.45) is 0 Å². The van der Waals surface area contributed by atoms with Crippen molar-refractivity contribution in [2.45, 2.75) is 18.6 Å². The summed E-state index contributed by atoms with van der Waals surface area (Å²) < 4.78 is 0. The lowest BCUT2D eigenvalue weighted by atomic mass is 9.96. The van der Waals surface area contributed by atoms with Crippen LogP contribution in [0, 0.1) is 0 Å². The molecule has 128 valence electrons. The lowest BCUT2D eigenvalue weighted by Crippen LogP contribution is -2.14. The molecule has 0 spiro atoms. The second kappa shape index (κ2) is 8.39. The van der Waals surface area contributed by atoms with Crippen LogP contribution in [0.2, 0.25) is 10.0 Å². The molecule has 0 aliphatic rings. The normalized spacial score (nSPS) is 13.2. The first kappa shape index (κ1) is 17.8. The minimum atomic E-state index is -0.603. The standard InChI is InChI=1S/C21H19Cl2NO/c22-17-10-6-15(7-11-17)20(24-19-4-2-1-3-5-19)14-21(25)16-8-12-18(23)13-9-16/h1-13,20-21,24-25H,14H2. The van der Waals surface area contributed by atoms with E-state index in [0.29, 0.717) is 16.5 Å². The topological polar surface area (TPSA) is 32.3 Å². The summed E-state index contributed by atoms with van der Waals surface area (Å²) in [6.45, 7) is 0. The molecule has 2 atom stereocenters. The molecule has 0 amide bonds. The molecule has 2 N–H and O–H groups in total. The van der Waals surface area contributed by atoms with Gasteiger partial charge in [0.25, 0.3) is 0 Å². The second-order valence-electron chi connectivity index (χ2n) is 5.92. The van der Waals surface area contributed by atoms with Crippen LogP contribution in [-0.2, 0) is 0 Å². The van der Waals surface area contributed by atoms with E-state index in [4.69, 9.17) is 23.2 Å². The summed E-state index contributed by atoms with van der Waals surface area (Å²) in [4.78, 5) is 0. The Labute approximate surface area is 158 Å². The van der Waals surface area contributed by atoms with Gasteiger partial charge in [-0.15, -0.1) is 0 Å². The largest absolute Gasteiger partial charge is 0.388 e. The van der Waals surface area contributed by atoms with Crippen molar-refractivity contribution in [1.82, 2.24) is 0 Å². The molecular weight excluding hydrogens is 353 g/mol. The first-order valence-corrected chi connectivity index (χ1v) is 8.88. The maximum absolute atomic E-state index is 10.7. The van der Waals surface area contributed by atoms with Gasteiger partial charge in [0.1, 0.15) is 0 Å². The van der Waals surface area contributed by atoms with Crippen molar-refractivity contribution in [3.63, 3.8) is 0 Å². The third-order valence-electron chi connectivity index (χ3n) is 4.10. The van der Waals surface area contributed by atoms with E-state index in [1.54, 1.807) is 12.1 Å². The Morgan fingerprint density at radius 1 is 0.720 bits per heavy atom. The van der Waals surface area contributed by atoms with E-state index in [-0.39, 0.29) is 6.04 Å². The third-order valence-corrected chi connectivity index (χ3v) is 4.60. The van der Waals surface area contributed by atoms with E-state index in [2.05, 4.69) is 5.32 Å². The molecule has 0 aromatic heterocycles. The van der Waals surface area contributed by atoms with Crippen molar-refractivity contribution in [3.8, 4) is 0 Å². The van der Waals surface area contributed by atoms with Crippen LogP contribution in [0.3, 0.4) is 0 Å². The number of rotatable bonds is 6. The fraction of sp³-hybridized carbons (Fsp3) is 0.143. The van der Waals surface area contributed by atoms with Crippen LogP contribution in [-0.4, -0.2) is 5.11 Å². The highest BCUT2D eigenvalue weighted by molar-refractivity contribution is 6.30. The highest BCUT2D eigenvalue weighted by atomic mass is 35.5. The zero-order valence-electron chi connectivity index (χ0n) is 13.6. The molecule has 0 heterocycles. The monoisotopic (exact) mass is 371 g/mol. The Hall–Kier alpha value is -2.00.